The van der Waals surface area contributed by atoms with Crippen LogP contribution in [-0.4, -0.2) is 91.1 Å². The Balaban J connectivity index is 1.22. The van der Waals surface area contributed by atoms with E-state index in [0.29, 0.717) is 28.2 Å². The molecule has 1 atom stereocenters. The van der Waals surface area contributed by atoms with E-state index < -0.39 is 18.6 Å². The van der Waals surface area contributed by atoms with Gasteiger partial charge in [0.2, 0.25) is 0 Å². The summed E-state index contributed by atoms with van der Waals surface area (Å²) >= 11 is 10.5. The summed E-state index contributed by atoms with van der Waals surface area (Å²) < 4.78 is 15.3. The van der Waals surface area contributed by atoms with E-state index in [2.05, 4.69) is 54.0 Å². The molecule has 5 N–H and O–H groups in total. The summed E-state index contributed by atoms with van der Waals surface area (Å²) in [6.45, 7) is 1.06. The highest BCUT2D eigenvalue weighted by molar-refractivity contribution is 9.10. The number of hydrogen-bond donors (Lipinski definition) is 5. The van der Waals surface area contributed by atoms with Crippen LogP contribution in [0.5, 0.6) is 11.5 Å². The molecule has 5 aromatic rings. The Morgan fingerprint density at radius 1 is 0.963 bits per heavy atom. The van der Waals surface area contributed by atoms with Crippen LogP contribution in [0.15, 0.2) is 77.7 Å². The number of aliphatic carboxylic acids is 1. The largest absolute Gasteiger partial charge is 0.488 e. The van der Waals surface area contributed by atoms with Gasteiger partial charge in [0.1, 0.15) is 36.8 Å². The molecule has 0 unspecified atom stereocenters. The zero-order chi connectivity index (χ0) is 38.2. The number of piperidine rings is 1. The zero-order valence-electron chi connectivity index (χ0n) is 29.2. The van der Waals surface area contributed by atoms with Crippen molar-refractivity contribution in [2.45, 2.75) is 50.7 Å². The molecule has 1 saturated heterocycles. The zero-order valence-corrected chi connectivity index (χ0v) is 31.6. The molecular formula is C39H40BrClN6O7. The Morgan fingerprint density at radius 3 is 2.43 bits per heavy atom. The Hall–Kier alpha value is -4.59. The van der Waals surface area contributed by atoms with Gasteiger partial charge in [-0.05, 0) is 58.1 Å². The lowest BCUT2D eigenvalue weighted by molar-refractivity contribution is -0.140. The topological polar surface area (TPSA) is 186 Å². The van der Waals surface area contributed by atoms with E-state index in [1.165, 1.54) is 6.20 Å². The third-order valence-corrected chi connectivity index (χ3v) is 10.9. The fraction of sp³-hybridized carbons (Fsp3) is 0.333. The van der Waals surface area contributed by atoms with Gasteiger partial charge in [0.15, 0.2) is 0 Å². The molecule has 2 aromatic heterocycles. The minimum absolute atomic E-state index is 0.0339. The number of rotatable bonds is 16. The Morgan fingerprint density at radius 2 is 1.70 bits per heavy atom. The van der Waals surface area contributed by atoms with Crippen molar-refractivity contribution in [1.82, 2.24) is 25.0 Å². The highest BCUT2D eigenvalue weighted by Crippen LogP contribution is 2.39. The van der Waals surface area contributed by atoms with Gasteiger partial charge in [-0.3, -0.25) is 24.7 Å². The summed E-state index contributed by atoms with van der Waals surface area (Å²) in [7, 11) is 0. The van der Waals surface area contributed by atoms with Crippen LogP contribution in [0.1, 0.15) is 41.1 Å². The van der Waals surface area contributed by atoms with Crippen molar-refractivity contribution in [2.24, 2.45) is 0 Å². The maximum Gasteiger partial charge on any atom is 0.323 e. The summed E-state index contributed by atoms with van der Waals surface area (Å²) in [6.07, 6.45) is 6.66. The summed E-state index contributed by atoms with van der Waals surface area (Å²) in [5, 5.41) is 56.3. The van der Waals surface area contributed by atoms with Gasteiger partial charge in [0, 0.05) is 64.6 Å². The fourth-order valence-corrected chi connectivity index (χ4v) is 7.48. The second kappa shape index (κ2) is 18.2. The van der Waals surface area contributed by atoms with Gasteiger partial charge < -0.3 is 29.9 Å². The maximum atomic E-state index is 11.5. The van der Waals surface area contributed by atoms with Crippen LogP contribution in [0, 0.1) is 11.3 Å². The molecule has 0 amide bonds. The number of aromatic nitrogens is 3. The molecule has 0 radical (unpaired) electrons. The van der Waals surface area contributed by atoms with E-state index in [9.17, 15) is 30.5 Å². The number of nitrogens with one attached hydrogen (secondary N) is 1. The monoisotopic (exact) mass is 818 g/mol. The molecule has 54 heavy (non-hydrogen) atoms. The molecule has 1 fully saturated rings. The van der Waals surface area contributed by atoms with Crippen LogP contribution in [0.4, 0.5) is 0 Å². The van der Waals surface area contributed by atoms with Crippen molar-refractivity contribution in [3.8, 4) is 28.7 Å². The molecule has 3 heterocycles. The molecule has 13 nitrogen and oxygen atoms in total. The number of benzene rings is 3. The highest BCUT2D eigenvalue weighted by atomic mass is 79.9. The van der Waals surface area contributed by atoms with E-state index in [-0.39, 0.29) is 50.1 Å². The van der Waals surface area contributed by atoms with E-state index in [0.717, 1.165) is 58.0 Å². The number of halogens is 2. The molecule has 0 spiro atoms. The van der Waals surface area contributed by atoms with Crippen LogP contribution in [0.3, 0.4) is 0 Å². The number of fused-ring (bicyclic) bond motifs is 1. The van der Waals surface area contributed by atoms with E-state index >= 15 is 0 Å². The summed E-state index contributed by atoms with van der Waals surface area (Å²) in [4.78, 5) is 17.7. The SMILES string of the molecule is N#Cc1cncc(COc2cc(OCc3cccc(-c4cccc5c4cnn5C4CCN(C(CO)CO)CC4)c3Br)c(Cl)cc2CN[C@@H](CO)C(=O)O)c1. The average molecular weight is 820 g/mol. The quantitative estimate of drug-likeness (QED) is 0.0892. The number of carboxylic acids is 1. The van der Waals surface area contributed by atoms with E-state index in [1.54, 1.807) is 24.4 Å². The number of nitrogens with zero attached hydrogens (tertiary/aromatic N) is 5. The van der Waals surface area contributed by atoms with Crippen molar-refractivity contribution in [2.75, 3.05) is 32.9 Å². The highest BCUT2D eigenvalue weighted by Gasteiger charge is 2.27. The van der Waals surface area contributed by atoms with Crippen LogP contribution in [-0.2, 0) is 24.6 Å². The van der Waals surface area contributed by atoms with Gasteiger partial charge in [-0.15, -0.1) is 0 Å². The predicted octanol–water partition coefficient (Wildman–Crippen LogP) is 5.07. The minimum atomic E-state index is -1.20. The number of aliphatic hydroxyl groups excluding tert-OH is 3. The summed E-state index contributed by atoms with van der Waals surface area (Å²) in [5.74, 6) is -0.487. The van der Waals surface area contributed by atoms with Gasteiger partial charge in [0.25, 0.3) is 0 Å². The van der Waals surface area contributed by atoms with Crippen molar-refractivity contribution in [3.05, 3.63) is 105 Å². The molecule has 0 saturated carbocycles. The first-order valence-electron chi connectivity index (χ1n) is 17.4. The Bertz CT molecular complexity index is 2130. The molecule has 0 bridgehead atoms. The molecule has 6 rings (SSSR count). The third-order valence-electron chi connectivity index (χ3n) is 9.63. The molecule has 15 heteroatoms. The van der Waals surface area contributed by atoms with Crippen LogP contribution in [0.2, 0.25) is 5.02 Å². The smallest absolute Gasteiger partial charge is 0.323 e. The molecule has 0 aliphatic carbocycles. The molecule has 1 aliphatic heterocycles. The van der Waals surface area contributed by atoms with E-state index in [4.69, 9.17) is 26.2 Å². The molecular weight excluding hydrogens is 780 g/mol. The second-order valence-corrected chi connectivity index (χ2v) is 14.2. The summed E-state index contributed by atoms with van der Waals surface area (Å²) in [5.41, 5.74) is 5.44. The Labute approximate surface area is 325 Å². The number of carbonyl (C=O) groups is 1. The molecule has 1 aliphatic rings. The van der Waals surface area contributed by atoms with Crippen LogP contribution < -0.4 is 14.8 Å². The number of likely N-dealkylation sites (tertiary alicyclic amines) is 1. The van der Waals surface area contributed by atoms with Gasteiger partial charge in [-0.1, -0.05) is 41.9 Å². The number of carboxylic acid groups (broad SMARTS) is 1. The predicted molar refractivity (Wildman–Crippen MR) is 205 cm³/mol. The summed E-state index contributed by atoms with van der Waals surface area (Å²) in [6, 6.07) is 17.9. The number of nitriles is 1. The number of aliphatic hydroxyl groups is 3. The van der Waals surface area contributed by atoms with Gasteiger partial charge in [-0.25, -0.2) is 0 Å². The number of ether oxygens (including phenoxy) is 2. The first-order valence-corrected chi connectivity index (χ1v) is 18.6. The average Bonchev–Trinajstić information content (AvgIpc) is 3.63. The first-order chi connectivity index (χ1) is 26.2. The number of pyridine rings is 1. The fourth-order valence-electron chi connectivity index (χ4n) is 6.65. The van der Waals surface area contributed by atoms with Gasteiger partial charge in [-0.2, -0.15) is 10.4 Å². The molecule has 282 valence electrons. The maximum absolute atomic E-state index is 11.5. The Kier molecular flexibility index (Phi) is 13.2. The van der Waals surface area contributed by atoms with Crippen molar-refractivity contribution >= 4 is 44.4 Å². The van der Waals surface area contributed by atoms with Crippen molar-refractivity contribution < 1.29 is 34.7 Å². The lowest BCUT2D eigenvalue weighted by atomic mass is 9.99. The van der Waals surface area contributed by atoms with Crippen LogP contribution in [0.25, 0.3) is 22.0 Å². The van der Waals surface area contributed by atoms with Crippen molar-refractivity contribution in [1.29, 1.82) is 5.26 Å². The minimum Gasteiger partial charge on any atom is -0.488 e. The van der Waals surface area contributed by atoms with Crippen LogP contribution >= 0.6 is 27.5 Å². The second-order valence-electron chi connectivity index (χ2n) is 13.0. The third kappa shape index (κ3) is 8.85. The molecule has 3 aromatic carbocycles. The first kappa shape index (κ1) is 39.1. The standard InChI is InChI=1S/C39H40BrClN6O7/c40-38-26(3-1-5-31(38)30-4-2-6-35-32(30)18-45-47(35)28-7-9-46(10-8-28)29(19-48)20-49)23-54-37-13-36(53-22-25-11-24(14-42)15-43-16-25)27(12-33(37)41)17-44-34(21-50)39(51)52/h1-6,11-13,15-16,18,28-29,34,44,48-50H,7-10,17,19-23H2,(H,51,52)/t34-/m0/s1. The van der Waals surface area contributed by atoms with E-state index in [1.807, 2.05) is 30.5 Å². The van der Waals surface area contributed by atoms with Crippen molar-refractivity contribution in [3.63, 3.8) is 0 Å². The lowest BCUT2D eigenvalue weighted by Gasteiger charge is -2.36. The normalized spacial score (nSPS) is 14.3. The van der Waals surface area contributed by atoms with Gasteiger partial charge in [0.05, 0.1) is 54.2 Å². The number of hydrogen-bond acceptors (Lipinski definition) is 11. The van der Waals surface area contributed by atoms with Gasteiger partial charge >= 0.3 is 5.97 Å². The lowest BCUT2D eigenvalue weighted by Crippen LogP contribution is -2.45.